The zero-order valence-corrected chi connectivity index (χ0v) is 9.28. The monoisotopic (exact) mass is 224 g/mol. The molecule has 14 heavy (non-hydrogen) atoms. The number of carbonyl (C=O) groups excluding carboxylic acids is 1. The summed E-state index contributed by atoms with van der Waals surface area (Å²) in [5.41, 5.74) is 3.09. The summed E-state index contributed by atoms with van der Waals surface area (Å²) in [7, 11) is 0. The van der Waals surface area contributed by atoms with Gasteiger partial charge in [0.2, 0.25) is 0 Å². The molecule has 0 aliphatic carbocycles. The van der Waals surface area contributed by atoms with Crippen LogP contribution in [-0.2, 0) is 5.88 Å². The second kappa shape index (κ2) is 3.71. The minimum absolute atomic E-state index is 0.502. The lowest BCUT2D eigenvalue weighted by atomic mass is 10.1. The summed E-state index contributed by atoms with van der Waals surface area (Å²) in [6.07, 6.45) is 0.895. The number of fused-ring (bicyclic) bond motifs is 1. The lowest BCUT2D eigenvalue weighted by Gasteiger charge is -2.02. The fourth-order valence-corrected chi connectivity index (χ4v) is 3.07. The van der Waals surface area contributed by atoms with E-state index >= 15 is 0 Å². The van der Waals surface area contributed by atoms with Crippen LogP contribution in [0.15, 0.2) is 17.5 Å². The average molecular weight is 225 g/mol. The number of aldehydes is 1. The van der Waals surface area contributed by atoms with Gasteiger partial charge in [0.25, 0.3) is 0 Å². The largest absolute Gasteiger partial charge is 0.298 e. The highest BCUT2D eigenvalue weighted by Crippen LogP contribution is 2.31. The number of hydrogen-bond acceptors (Lipinski definition) is 2. The molecule has 0 fully saturated rings. The number of rotatable bonds is 2. The first-order chi connectivity index (χ1) is 6.77. The molecule has 1 nitrogen and oxygen atoms in total. The summed E-state index contributed by atoms with van der Waals surface area (Å²) in [4.78, 5) is 10.7. The molecule has 0 amide bonds. The summed E-state index contributed by atoms with van der Waals surface area (Å²) in [6, 6.07) is 4.00. The van der Waals surface area contributed by atoms with E-state index in [1.807, 2.05) is 24.4 Å². The summed E-state index contributed by atoms with van der Waals surface area (Å²) in [5.74, 6) is 0.502. The first-order valence-corrected chi connectivity index (χ1v) is 5.70. The van der Waals surface area contributed by atoms with Crippen molar-refractivity contribution in [2.24, 2.45) is 0 Å². The van der Waals surface area contributed by atoms with E-state index in [9.17, 15) is 4.79 Å². The molecule has 1 aromatic heterocycles. The molecular formula is C11H9ClOS. The van der Waals surface area contributed by atoms with Gasteiger partial charge in [0, 0.05) is 26.9 Å². The number of aryl methyl sites for hydroxylation is 1. The third kappa shape index (κ3) is 1.35. The van der Waals surface area contributed by atoms with E-state index in [1.54, 1.807) is 11.3 Å². The molecule has 72 valence electrons. The second-order valence-corrected chi connectivity index (χ2v) is 4.33. The minimum Gasteiger partial charge on any atom is -0.298 e. The summed E-state index contributed by atoms with van der Waals surface area (Å²) < 4.78 is 1.14. The fraction of sp³-hybridized carbons (Fsp3) is 0.182. The quantitative estimate of drug-likeness (QED) is 0.561. The van der Waals surface area contributed by atoms with Gasteiger partial charge in [0.1, 0.15) is 0 Å². The lowest BCUT2D eigenvalue weighted by Crippen LogP contribution is -1.85. The number of benzene rings is 1. The van der Waals surface area contributed by atoms with E-state index in [1.165, 1.54) is 5.56 Å². The van der Waals surface area contributed by atoms with Gasteiger partial charge in [0.05, 0.1) is 0 Å². The third-order valence-electron chi connectivity index (χ3n) is 2.37. The predicted octanol–water partition coefficient (Wildman–Crippen LogP) is 3.76. The van der Waals surface area contributed by atoms with Gasteiger partial charge in [-0.3, -0.25) is 4.79 Å². The zero-order valence-electron chi connectivity index (χ0n) is 7.71. The Kier molecular flexibility index (Phi) is 2.57. The number of alkyl halides is 1. The van der Waals surface area contributed by atoms with Gasteiger partial charge >= 0.3 is 0 Å². The van der Waals surface area contributed by atoms with Crippen molar-refractivity contribution >= 4 is 39.3 Å². The molecule has 0 aliphatic rings. The van der Waals surface area contributed by atoms with Crippen molar-refractivity contribution in [2.75, 3.05) is 0 Å². The van der Waals surface area contributed by atoms with Crippen LogP contribution in [0.3, 0.4) is 0 Å². The highest BCUT2D eigenvalue weighted by atomic mass is 35.5. The molecule has 0 saturated carbocycles. The normalized spacial score (nSPS) is 10.7. The molecular weight excluding hydrogens is 216 g/mol. The van der Waals surface area contributed by atoms with E-state index in [-0.39, 0.29) is 0 Å². The Morgan fingerprint density at radius 3 is 2.93 bits per heavy atom. The number of carbonyl (C=O) groups is 1. The van der Waals surface area contributed by atoms with Crippen LogP contribution in [0, 0.1) is 6.92 Å². The topological polar surface area (TPSA) is 17.1 Å². The van der Waals surface area contributed by atoms with Gasteiger partial charge < -0.3 is 0 Å². The molecule has 3 heteroatoms. The van der Waals surface area contributed by atoms with Crippen LogP contribution in [0.5, 0.6) is 0 Å². The van der Waals surface area contributed by atoms with E-state index in [0.29, 0.717) is 5.88 Å². The molecule has 0 radical (unpaired) electrons. The van der Waals surface area contributed by atoms with Gasteiger partial charge in [-0.05, 0) is 18.1 Å². The SMILES string of the molecule is Cc1ccc2c(C=O)csc2c1CCl. The van der Waals surface area contributed by atoms with Crippen LogP contribution in [0.4, 0.5) is 0 Å². The predicted molar refractivity (Wildman–Crippen MR) is 61.5 cm³/mol. The Bertz CT molecular complexity index is 487. The smallest absolute Gasteiger partial charge is 0.151 e. The van der Waals surface area contributed by atoms with Crippen LogP contribution in [0.25, 0.3) is 10.1 Å². The number of halogens is 1. The lowest BCUT2D eigenvalue weighted by molar-refractivity contribution is 0.112. The second-order valence-electron chi connectivity index (χ2n) is 3.18. The maximum atomic E-state index is 10.7. The number of hydrogen-bond donors (Lipinski definition) is 0. The average Bonchev–Trinajstić information content (AvgIpc) is 2.60. The Balaban J connectivity index is 2.83. The van der Waals surface area contributed by atoms with Crippen molar-refractivity contribution < 1.29 is 4.79 Å². The van der Waals surface area contributed by atoms with Crippen molar-refractivity contribution in [2.45, 2.75) is 12.8 Å². The molecule has 0 aliphatic heterocycles. The summed E-state index contributed by atoms with van der Waals surface area (Å²) >= 11 is 7.47. The first kappa shape index (κ1) is 9.69. The van der Waals surface area contributed by atoms with Gasteiger partial charge in [-0.25, -0.2) is 0 Å². The van der Waals surface area contributed by atoms with Crippen LogP contribution in [0.2, 0.25) is 0 Å². The van der Waals surface area contributed by atoms with Crippen LogP contribution < -0.4 is 0 Å². The standard InChI is InChI=1S/C11H9ClOS/c1-7-2-3-9-8(5-13)6-14-11(9)10(7)4-12/h2-3,5-6H,4H2,1H3. The molecule has 0 unspecified atom stereocenters. The maximum absolute atomic E-state index is 10.7. The van der Waals surface area contributed by atoms with E-state index < -0.39 is 0 Å². The highest BCUT2D eigenvalue weighted by molar-refractivity contribution is 7.17. The third-order valence-corrected chi connectivity index (χ3v) is 3.71. The fourth-order valence-electron chi connectivity index (χ4n) is 1.53. The molecule has 0 saturated heterocycles. The molecule has 0 spiro atoms. The van der Waals surface area contributed by atoms with Gasteiger partial charge in [-0.1, -0.05) is 12.1 Å². The minimum atomic E-state index is 0.502. The van der Waals surface area contributed by atoms with E-state index in [0.717, 1.165) is 27.5 Å². The maximum Gasteiger partial charge on any atom is 0.151 e. The molecule has 1 heterocycles. The van der Waals surface area contributed by atoms with Crippen LogP contribution in [0.1, 0.15) is 21.5 Å². The number of thiophene rings is 1. The first-order valence-electron chi connectivity index (χ1n) is 4.28. The zero-order chi connectivity index (χ0) is 10.1. The van der Waals surface area contributed by atoms with Crippen LogP contribution in [-0.4, -0.2) is 6.29 Å². The molecule has 2 aromatic rings. The molecule has 2 rings (SSSR count). The van der Waals surface area contributed by atoms with Crippen LogP contribution >= 0.6 is 22.9 Å². The van der Waals surface area contributed by atoms with Crippen molar-refractivity contribution in [3.05, 3.63) is 34.2 Å². The van der Waals surface area contributed by atoms with Crippen molar-refractivity contribution in [3.63, 3.8) is 0 Å². The Morgan fingerprint density at radius 2 is 2.29 bits per heavy atom. The van der Waals surface area contributed by atoms with Gasteiger partial charge in [-0.2, -0.15) is 0 Å². The van der Waals surface area contributed by atoms with Crippen molar-refractivity contribution in [1.82, 2.24) is 0 Å². The Labute approximate surface area is 91.3 Å². The van der Waals surface area contributed by atoms with E-state index in [2.05, 4.69) is 0 Å². The van der Waals surface area contributed by atoms with Crippen molar-refractivity contribution in [3.8, 4) is 0 Å². The Hall–Kier alpha value is -0.860. The van der Waals surface area contributed by atoms with Gasteiger partial charge in [-0.15, -0.1) is 22.9 Å². The molecule has 0 N–H and O–H groups in total. The van der Waals surface area contributed by atoms with E-state index in [4.69, 9.17) is 11.6 Å². The van der Waals surface area contributed by atoms with Gasteiger partial charge in [0.15, 0.2) is 6.29 Å². The summed E-state index contributed by atoms with van der Waals surface area (Å²) in [6.45, 7) is 2.04. The van der Waals surface area contributed by atoms with Crippen molar-refractivity contribution in [1.29, 1.82) is 0 Å². The Morgan fingerprint density at radius 1 is 1.50 bits per heavy atom. The molecule has 0 atom stereocenters. The highest BCUT2D eigenvalue weighted by Gasteiger charge is 2.08. The molecule has 1 aromatic carbocycles. The summed E-state index contributed by atoms with van der Waals surface area (Å²) in [5, 5.41) is 2.90. The molecule has 0 bridgehead atoms.